The molecule has 1 unspecified atom stereocenters. The highest BCUT2D eigenvalue weighted by atomic mass is 35.5. The number of imidazole rings is 1. The van der Waals surface area contributed by atoms with Crippen LogP contribution in [0.4, 0.5) is 5.69 Å². The van der Waals surface area contributed by atoms with Gasteiger partial charge in [-0.2, -0.15) is 0 Å². The summed E-state index contributed by atoms with van der Waals surface area (Å²) in [5.41, 5.74) is 3.81. The van der Waals surface area contributed by atoms with Gasteiger partial charge in [-0.15, -0.1) is 0 Å². The molecule has 152 valence electrons. The predicted molar refractivity (Wildman–Crippen MR) is 121 cm³/mol. The number of amides is 1. The first kappa shape index (κ1) is 20.3. The molecule has 0 radical (unpaired) electrons. The molecule has 1 atom stereocenters. The Morgan fingerprint density at radius 1 is 1.28 bits per heavy atom. The van der Waals surface area contributed by atoms with Gasteiger partial charge in [0, 0.05) is 6.04 Å². The van der Waals surface area contributed by atoms with Gasteiger partial charge < -0.3 is 15.2 Å². The molecular formula is C22H25ClN4OS. The van der Waals surface area contributed by atoms with E-state index in [2.05, 4.69) is 21.3 Å². The van der Waals surface area contributed by atoms with Gasteiger partial charge in [-0.3, -0.25) is 4.79 Å². The third-order valence-electron chi connectivity index (χ3n) is 5.27. The van der Waals surface area contributed by atoms with E-state index in [9.17, 15) is 4.79 Å². The summed E-state index contributed by atoms with van der Waals surface area (Å²) < 4.78 is 2.32. The minimum Gasteiger partial charge on any atom is -0.324 e. The van der Waals surface area contributed by atoms with Crippen LogP contribution in [0.3, 0.4) is 0 Å². The normalized spacial score (nSPS) is 16.1. The largest absolute Gasteiger partial charge is 0.324 e. The maximum atomic E-state index is 12.8. The van der Waals surface area contributed by atoms with Crippen LogP contribution in [-0.4, -0.2) is 33.8 Å². The molecule has 0 aliphatic carbocycles. The lowest BCUT2D eigenvalue weighted by atomic mass is 10.1. The van der Waals surface area contributed by atoms with Crippen molar-refractivity contribution in [3.05, 3.63) is 53.1 Å². The standard InChI is InChI=1S/C22H25ClN4OS/c1-14-7-8-18(17(23)13-14)25-21(28)15(2)29-22-26-19-5-3-4-6-20(19)27(22)16-9-11-24-12-10-16/h3-8,13,15-16,24H,9-12H2,1-2H3,(H,25,28). The van der Waals surface area contributed by atoms with Crippen molar-refractivity contribution in [2.24, 2.45) is 0 Å². The number of para-hydroxylation sites is 2. The Labute approximate surface area is 180 Å². The van der Waals surface area contributed by atoms with E-state index in [1.807, 2.05) is 50.2 Å². The average molecular weight is 429 g/mol. The molecule has 3 aromatic rings. The van der Waals surface area contributed by atoms with Crippen LogP contribution < -0.4 is 10.6 Å². The van der Waals surface area contributed by atoms with Crippen molar-refractivity contribution >= 4 is 46.0 Å². The Morgan fingerprint density at radius 3 is 2.79 bits per heavy atom. The van der Waals surface area contributed by atoms with Crippen molar-refractivity contribution in [1.29, 1.82) is 0 Å². The van der Waals surface area contributed by atoms with Gasteiger partial charge in [0.05, 0.1) is 27.0 Å². The van der Waals surface area contributed by atoms with Gasteiger partial charge >= 0.3 is 0 Å². The number of aromatic nitrogens is 2. The molecule has 1 aliphatic heterocycles. The number of nitrogens with one attached hydrogen (secondary N) is 2. The van der Waals surface area contributed by atoms with Crippen LogP contribution in [0.15, 0.2) is 47.6 Å². The van der Waals surface area contributed by atoms with Crippen LogP contribution in [0.2, 0.25) is 5.02 Å². The van der Waals surface area contributed by atoms with E-state index in [4.69, 9.17) is 16.6 Å². The van der Waals surface area contributed by atoms with E-state index in [1.54, 1.807) is 0 Å². The van der Waals surface area contributed by atoms with Crippen molar-refractivity contribution in [3.63, 3.8) is 0 Å². The number of hydrogen-bond acceptors (Lipinski definition) is 4. The first-order chi connectivity index (χ1) is 14.0. The van der Waals surface area contributed by atoms with Gasteiger partial charge in [-0.1, -0.05) is 41.6 Å². The molecule has 1 saturated heterocycles. The number of carbonyl (C=O) groups is 1. The highest BCUT2D eigenvalue weighted by Crippen LogP contribution is 2.34. The molecule has 1 aromatic heterocycles. The number of rotatable bonds is 5. The van der Waals surface area contributed by atoms with Gasteiger partial charge in [-0.05, 0) is 69.6 Å². The van der Waals surface area contributed by atoms with Crippen molar-refractivity contribution in [2.45, 2.75) is 43.1 Å². The summed E-state index contributed by atoms with van der Waals surface area (Å²) in [7, 11) is 0. The highest BCUT2D eigenvalue weighted by molar-refractivity contribution is 8.00. The van der Waals surface area contributed by atoms with Gasteiger partial charge in [-0.25, -0.2) is 4.98 Å². The smallest absolute Gasteiger partial charge is 0.237 e. The van der Waals surface area contributed by atoms with Gasteiger partial charge in [0.1, 0.15) is 0 Å². The number of halogens is 1. The summed E-state index contributed by atoms with van der Waals surface area (Å²) in [5, 5.41) is 7.52. The maximum Gasteiger partial charge on any atom is 0.237 e. The van der Waals surface area contributed by atoms with Crippen LogP contribution in [0.5, 0.6) is 0 Å². The molecule has 5 nitrogen and oxygen atoms in total. The second-order valence-electron chi connectivity index (χ2n) is 7.47. The third-order valence-corrected chi connectivity index (χ3v) is 6.65. The van der Waals surface area contributed by atoms with Crippen LogP contribution in [0, 0.1) is 6.92 Å². The van der Waals surface area contributed by atoms with Gasteiger partial charge in [0.25, 0.3) is 0 Å². The first-order valence-electron chi connectivity index (χ1n) is 9.94. The fourth-order valence-electron chi connectivity index (χ4n) is 3.69. The molecule has 0 saturated carbocycles. The molecule has 1 aliphatic rings. The molecule has 7 heteroatoms. The summed E-state index contributed by atoms with van der Waals surface area (Å²) in [6.45, 7) is 5.89. The zero-order chi connectivity index (χ0) is 20.4. The molecule has 2 aromatic carbocycles. The molecule has 0 spiro atoms. The molecule has 2 N–H and O–H groups in total. The van der Waals surface area contributed by atoms with E-state index in [1.165, 1.54) is 11.8 Å². The Bertz CT molecular complexity index is 1030. The zero-order valence-electron chi connectivity index (χ0n) is 16.6. The molecule has 29 heavy (non-hydrogen) atoms. The van der Waals surface area contributed by atoms with Gasteiger partial charge in [0.15, 0.2) is 5.16 Å². The number of anilines is 1. The number of aryl methyl sites for hydroxylation is 1. The fraction of sp³-hybridized carbons (Fsp3) is 0.364. The lowest BCUT2D eigenvalue weighted by Gasteiger charge is -2.26. The third kappa shape index (κ3) is 4.44. The number of carbonyl (C=O) groups excluding carboxylic acids is 1. The number of nitrogens with zero attached hydrogens (tertiary/aromatic N) is 2. The molecule has 0 bridgehead atoms. The summed E-state index contributed by atoms with van der Waals surface area (Å²) in [4.78, 5) is 17.7. The second-order valence-corrected chi connectivity index (χ2v) is 9.18. The zero-order valence-corrected chi connectivity index (χ0v) is 18.2. The second kappa shape index (κ2) is 8.78. The molecule has 1 fully saturated rings. The molecule has 1 amide bonds. The van der Waals surface area contributed by atoms with Crippen LogP contribution >= 0.6 is 23.4 Å². The van der Waals surface area contributed by atoms with Gasteiger partial charge in [0.2, 0.25) is 5.91 Å². The van der Waals surface area contributed by atoms with E-state index in [0.717, 1.165) is 47.7 Å². The fourth-order valence-corrected chi connectivity index (χ4v) is 4.97. The van der Waals surface area contributed by atoms with Crippen molar-refractivity contribution in [1.82, 2.24) is 14.9 Å². The first-order valence-corrected chi connectivity index (χ1v) is 11.2. The molecule has 4 rings (SSSR count). The lowest BCUT2D eigenvalue weighted by Crippen LogP contribution is -2.30. The number of fused-ring (bicyclic) bond motifs is 1. The number of hydrogen-bond donors (Lipinski definition) is 2. The minimum absolute atomic E-state index is 0.0790. The van der Waals surface area contributed by atoms with Crippen LogP contribution in [0.25, 0.3) is 11.0 Å². The van der Waals surface area contributed by atoms with E-state index >= 15 is 0 Å². The monoisotopic (exact) mass is 428 g/mol. The summed E-state index contributed by atoms with van der Waals surface area (Å²) in [6, 6.07) is 14.2. The number of benzene rings is 2. The predicted octanol–water partition coefficient (Wildman–Crippen LogP) is 5.04. The van der Waals surface area contributed by atoms with Crippen molar-refractivity contribution < 1.29 is 4.79 Å². The summed E-state index contributed by atoms with van der Waals surface area (Å²) in [6.07, 6.45) is 2.13. The van der Waals surface area contributed by atoms with E-state index in [0.29, 0.717) is 16.8 Å². The summed E-state index contributed by atoms with van der Waals surface area (Å²) in [5.74, 6) is -0.0790. The number of thioether (sulfide) groups is 1. The van der Waals surface area contributed by atoms with Crippen LogP contribution in [0.1, 0.15) is 31.4 Å². The Balaban J connectivity index is 1.57. The van der Waals surface area contributed by atoms with Crippen LogP contribution in [-0.2, 0) is 4.79 Å². The Kier molecular flexibility index (Phi) is 6.13. The summed E-state index contributed by atoms with van der Waals surface area (Å²) >= 11 is 7.78. The van der Waals surface area contributed by atoms with Crippen molar-refractivity contribution in [3.8, 4) is 0 Å². The number of piperidine rings is 1. The highest BCUT2D eigenvalue weighted by Gasteiger charge is 2.25. The Hall–Kier alpha value is -2.02. The average Bonchev–Trinajstić information content (AvgIpc) is 3.08. The lowest BCUT2D eigenvalue weighted by molar-refractivity contribution is -0.115. The van der Waals surface area contributed by atoms with Crippen molar-refractivity contribution in [2.75, 3.05) is 18.4 Å². The molecular weight excluding hydrogens is 404 g/mol. The van der Waals surface area contributed by atoms with E-state index < -0.39 is 0 Å². The topological polar surface area (TPSA) is 59.0 Å². The van der Waals surface area contributed by atoms with E-state index in [-0.39, 0.29) is 11.2 Å². The SMILES string of the molecule is Cc1ccc(NC(=O)C(C)Sc2nc3ccccc3n2C2CCNCC2)c(Cl)c1. The quantitative estimate of drug-likeness (QED) is 0.559. The minimum atomic E-state index is -0.301. The Morgan fingerprint density at radius 2 is 2.03 bits per heavy atom. The molecule has 2 heterocycles. The maximum absolute atomic E-state index is 12.8.